The summed E-state index contributed by atoms with van der Waals surface area (Å²) in [6.07, 6.45) is 3.28. The second kappa shape index (κ2) is 9.42. The number of nitrogens with zero attached hydrogens (tertiary/aromatic N) is 3. The molecule has 1 aromatic heterocycles. The lowest BCUT2D eigenvalue weighted by Gasteiger charge is -2.42. The first-order chi connectivity index (χ1) is 15.5. The van der Waals surface area contributed by atoms with Gasteiger partial charge in [0.15, 0.2) is 0 Å². The molecular formula is C25H27FIN3O3. The van der Waals surface area contributed by atoms with Gasteiger partial charge in [-0.1, -0.05) is 37.3 Å². The van der Waals surface area contributed by atoms with Crippen LogP contribution in [0.1, 0.15) is 47.8 Å². The molecule has 1 N–H and O–H groups in total. The Morgan fingerprint density at radius 3 is 2.52 bits per heavy atom. The summed E-state index contributed by atoms with van der Waals surface area (Å²) >= 11 is 0. The fourth-order valence-corrected chi connectivity index (χ4v) is 4.82. The Labute approximate surface area is 208 Å². The summed E-state index contributed by atoms with van der Waals surface area (Å²) in [5, 5.41) is 9.57. The minimum Gasteiger partial charge on any atom is -0.477 e. The van der Waals surface area contributed by atoms with E-state index in [0.29, 0.717) is 24.3 Å². The van der Waals surface area contributed by atoms with Crippen LogP contribution in [-0.2, 0) is 0 Å². The van der Waals surface area contributed by atoms with Crippen molar-refractivity contribution in [3.05, 3.63) is 75.8 Å². The summed E-state index contributed by atoms with van der Waals surface area (Å²) in [5.41, 5.74) is 1.32. The van der Waals surface area contributed by atoms with Crippen LogP contribution in [0, 0.1) is 5.82 Å². The molecule has 2 aliphatic rings. The molecule has 6 nitrogen and oxygen atoms in total. The van der Waals surface area contributed by atoms with Gasteiger partial charge in [-0.3, -0.25) is 9.69 Å². The number of benzene rings is 2. The molecule has 8 heteroatoms. The Balaban J connectivity index is 0.00000259. The van der Waals surface area contributed by atoms with Crippen LogP contribution in [0.2, 0.25) is 0 Å². The van der Waals surface area contributed by atoms with Crippen molar-refractivity contribution in [1.29, 1.82) is 0 Å². The second-order valence-electron chi connectivity index (χ2n) is 8.64. The molecule has 2 fully saturated rings. The highest BCUT2D eigenvalue weighted by Gasteiger charge is 2.31. The molecule has 1 aliphatic carbocycles. The summed E-state index contributed by atoms with van der Waals surface area (Å²) in [6, 6.07) is 13.5. The van der Waals surface area contributed by atoms with Gasteiger partial charge in [0.05, 0.1) is 17.2 Å². The number of carbonyl (C=O) groups is 1. The van der Waals surface area contributed by atoms with Crippen LogP contribution in [0.25, 0.3) is 10.9 Å². The number of aromatic nitrogens is 1. The Morgan fingerprint density at radius 1 is 1.15 bits per heavy atom. The first kappa shape index (κ1) is 23.7. The number of piperazine rings is 1. The van der Waals surface area contributed by atoms with E-state index >= 15 is 4.39 Å². The molecule has 174 valence electrons. The highest BCUT2D eigenvalue weighted by atomic mass is 127. The van der Waals surface area contributed by atoms with E-state index in [1.54, 1.807) is 6.07 Å². The molecule has 3 aromatic rings. The molecule has 1 saturated carbocycles. The van der Waals surface area contributed by atoms with Gasteiger partial charge in [0.25, 0.3) is 0 Å². The van der Waals surface area contributed by atoms with Crippen molar-refractivity contribution in [2.45, 2.75) is 31.8 Å². The van der Waals surface area contributed by atoms with Gasteiger partial charge in [-0.05, 0) is 37.1 Å². The van der Waals surface area contributed by atoms with Crippen LogP contribution in [-0.4, -0.2) is 46.7 Å². The maximum absolute atomic E-state index is 15.3. The zero-order valence-electron chi connectivity index (χ0n) is 18.4. The maximum Gasteiger partial charge on any atom is 0.341 e. The molecular weight excluding hydrogens is 536 g/mol. The predicted molar refractivity (Wildman–Crippen MR) is 137 cm³/mol. The van der Waals surface area contributed by atoms with Gasteiger partial charge in [0.1, 0.15) is 11.4 Å². The molecule has 1 atom stereocenters. The van der Waals surface area contributed by atoms with Crippen molar-refractivity contribution in [2.75, 3.05) is 31.1 Å². The number of carboxylic acids is 1. The van der Waals surface area contributed by atoms with Gasteiger partial charge in [-0.15, -0.1) is 24.0 Å². The Bertz CT molecular complexity index is 1240. The normalized spacial score (nSPS) is 18.8. The summed E-state index contributed by atoms with van der Waals surface area (Å²) in [6.45, 7) is 5.17. The van der Waals surface area contributed by atoms with Crippen LogP contribution < -0.4 is 10.3 Å². The van der Waals surface area contributed by atoms with Gasteiger partial charge < -0.3 is 14.6 Å². The SMILES string of the molecule is CCN1CCN(c2cc3c(cc2F)c(=O)c(C(=O)O)cn3C2CC2)CC1c1ccccc1.I. The molecule has 33 heavy (non-hydrogen) atoms. The van der Waals surface area contributed by atoms with Crippen molar-refractivity contribution < 1.29 is 14.3 Å². The standard InChI is InChI=1S/C25H26FN3O3.HI/c1-2-27-10-11-28(15-23(27)16-6-4-3-5-7-16)22-13-21-18(12-20(22)26)24(30)19(25(31)32)14-29(21)17-8-9-17;/h3-7,12-14,17,23H,2,8-11,15H2,1H3,(H,31,32);1H. The van der Waals surface area contributed by atoms with E-state index in [0.717, 1.165) is 25.9 Å². The van der Waals surface area contributed by atoms with E-state index < -0.39 is 17.2 Å². The lowest BCUT2D eigenvalue weighted by molar-refractivity contribution is 0.0695. The largest absolute Gasteiger partial charge is 0.477 e. The van der Waals surface area contributed by atoms with Crippen molar-refractivity contribution in [2.24, 2.45) is 0 Å². The molecule has 5 rings (SSSR count). The number of carboxylic acid groups (broad SMARTS) is 1. The van der Waals surface area contributed by atoms with Gasteiger partial charge in [0, 0.05) is 37.3 Å². The van der Waals surface area contributed by atoms with E-state index in [1.165, 1.54) is 17.8 Å². The third-order valence-electron chi connectivity index (χ3n) is 6.69. The van der Waals surface area contributed by atoms with Gasteiger partial charge in [0.2, 0.25) is 5.43 Å². The first-order valence-corrected chi connectivity index (χ1v) is 11.1. The summed E-state index contributed by atoms with van der Waals surface area (Å²) in [7, 11) is 0. The molecule has 1 unspecified atom stereocenters. The minimum absolute atomic E-state index is 0. The van der Waals surface area contributed by atoms with Gasteiger partial charge >= 0.3 is 5.97 Å². The number of fused-ring (bicyclic) bond motifs is 1. The molecule has 0 radical (unpaired) electrons. The van der Waals surface area contributed by atoms with Crippen LogP contribution in [0.3, 0.4) is 0 Å². The maximum atomic E-state index is 15.3. The summed E-state index contributed by atoms with van der Waals surface area (Å²) < 4.78 is 17.2. The van der Waals surface area contributed by atoms with Crippen LogP contribution >= 0.6 is 24.0 Å². The number of halogens is 2. The Morgan fingerprint density at radius 2 is 1.88 bits per heavy atom. The van der Waals surface area contributed by atoms with Crippen molar-refractivity contribution in [1.82, 2.24) is 9.47 Å². The smallest absolute Gasteiger partial charge is 0.341 e. The molecule has 1 saturated heterocycles. The van der Waals surface area contributed by atoms with E-state index in [1.807, 2.05) is 27.7 Å². The number of pyridine rings is 1. The van der Waals surface area contributed by atoms with Crippen LogP contribution in [0.5, 0.6) is 0 Å². The van der Waals surface area contributed by atoms with Gasteiger partial charge in [-0.25, -0.2) is 9.18 Å². The minimum atomic E-state index is -1.28. The average molecular weight is 563 g/mol. The number of anilines is 1. The van der Waals surface area contributed by atoms with Crippen LogP contribution in [0.4, 0.5) is 10.1 Å². The molecule has 0 spiro atoms. The highest BCUT2D eigenvalue weighted by molar-refractivity contribution is 14.0. The third-order valence-corrected chi connectivity index (χ3v) is 6.69. The Kier molecular flexibility index (Phi) is 6.76. The van der Waals surface area contributed by atoms with E-state index in [9.17, 15) is 14.7 Å². The topological polar surface area (TPSA) is 65.8 Å². The highest BCUT2D eigenvalue weighted by Crippen LogP contribution is 2.38. The summed E-state index contributed by atoms with van der Waals surface area (Å²) in [5.74, 6) is -1.77. The summed E-state index contributed by atoms with van der Waals surface area (Å²) in [4.78, 5) is 28.8. The third kappa shape index (κ3) is 4.38. The first-order valence-electron chi connectivity index (χ1n) is 11.1. The van der Waals surface area contributed by atoms with Crippen molar-refractivity contribution in [3.8, 4) is 0 Å². The second-order valence-corrected chi connectivity index (χ2v) is 8.64. The number of hydrogen-bond donors (Lipinski definition) is 1. The van der Waals surface area contributed by atoms with E-state index in [4.69, 9.17) is 0 Å². The average Bonchev–Trinajstić information content (AvgIpc) is 3.64. The molecule has 2 aromatic carbocycles. The fraction of sp³-hybridized carbons (Fsp3) is 0.360. The quantitative estimate of drug-likeness (QED) is 0.457. The van der Waals surface area contributed by atoms with Gasteiger partial charge in [-0.2, -0.15) is 0 Å². The number of hydrogen-bond acceptors (Lipinski definition) is 4. The zero-order valence-corrected chi connectivity index (χ0v) is 20.7. The van der Waals surface area contributed by atoms with E-state index in [-0.39, 0.29) is 47.0 Å². The van der Waals surface area contributed by atoms with E-state index in [2.05, 4.69) is 24.0 Å². The molecule has 2 heterocycles. The van der Waals surface area contributed by atoms with Crippen molar-refractivity contribution >= 4 is 46.5 Å². The zero-order chi connectivity index (χ0) is 22.4. The number of rotatable bonds is 5. The van der Waals surface area contributed by atoms with Crippen molar-refractivity contribution in [3.63, 3.8) is 0 Å². The number of likely N-dealkylation sites (N-methyl/N-ethyl adjacent to an activating group) is 1. The number of aromatic carboxylic acids is 1. The lowest BCUT2D eigenvalue weighted by Crippen LogP contribution is -2.48. The monoisotopic (exact) mass is 563 g/mol. The van der Waals surface area contributed by atoms with Crippen LogP contribution in [0.15, 0.2) is 53.5 Å². The molecule has 0 bridgehead atoms. The lowest BCUT2D eigenvalue weighted by atomic mass is 10.0. The molecule has 1 aliphatic heterocycles. The molecule has 0 amide bonds. The fourth-order valence-electron chi connectivity index (χ4n) is 4.82. The Hall–Kier alpha value is -2.46. The predicted octanol–water partition coefficient (Wildman–Crippen LogP) is 4.67.